The number of hydrogen-bond donors (Lipinski definition) is 3. The van der Waals surface area contributed by atoms with Crippen molar-refractivity contribution in [3.05, 3.63) is 12.2 Å². The molecule has 0 amide bonds. The van der Waals surface area contributed by atoms with Crippen molar-refractivity contribution in [3.8, 4) is 0 Å². The van der Waals surface area contributed by atoms with Crippen LogP contribution in [0.2, 0.25) is 0 Å². The Bertz CT molecular complexity index is 386. The number of allylic oxidation sites excluding steroid dienone is 2. The second-order valence-corrected chi connectivity index (χ2v) is 6.76. The predicted octanol–water partition coefficient (Wildman–Crippen LogP) is 2.37. The van der Waals surface area contributed by atoms with E-state index in [1.54, 1.807) is 13.8 Å². The first-order valence-corrected chi connectivity index (χ1v) is 8.84. The van der Waals surface area contributed by atoms with E-state index < -0.39 is 23.8 Å². The fourth-order valence-corrected chi connectivity index (χ4v) is 3.03. The highest BCUT2D eigenvalue weighted by Crippen LogP contribution is 2.18. The first kappa shape index (κ1) is 22.6. The molecule has 24 heavy (non-hydrogen) atoms. The first-order valence-electron chi connectivity index (χ1n) is 8.84. The van der Waals surface area contributed by atoms with Gasteiger partial charge < -0.3 is 19.8 Å². The zero-order chi connectivity index (χ0) is 18.6. The Morgan fingerprint density at radius 2 is 1.46 bits per heavy atom. The van der Waals surface area contributed by atoms with Crippen molar-refractivity contribution in [1.82, 2.24) is 0 Å². The van der Waals surface area contributed by atoms with Crippen LogP contribution in [0.15, 0.2) is 12.2 Å². The van der Waals surface area contributed by atoms with Crippen LogP contribution in [0.4, 0.5) is 0 Å². The fourth-order valence-electron chi connectivity index (χ4n) is 3.03. The van der Waals surface area contributed by atoms with Crippen molar-refractivity contribution in [2.45, 2.75) is 46.5 Å². The quantitative estimate of drug-likeness (QED) is 0.255. The third kappa shape index (κ3) is 9.03. The molecule has 0 heterocycles. The molecule has 0 bridgehead atoms. The highest BCUT2D eigenvalue weighted by atomic mass is 16.4. The van der Waals surface area contributed by atoms with E-state index >= 15 is 0 Å². The summed E-state index contributed by atoms with van der Waals surface area (Å²) in [5.74, 6) is -2.93. The number of rotatable bonds is 14. The largest absolute Gasteiger partial charge is 0.481 e. The Morgan fingerprint density at radius 3 is 1.88 bits per heavy atom. The lowest BCUT2D eigenvalue weighted by molar-refractivity contribution is -0.932. The van der Waals surface area contributed by atoms with E-state index in [4.69, 9.17) is 0 Å². The van der Waals surface area contributed by atoms with Crippen LogP contribution in [0.5, 0.6) is 0 Å². The summed E-state index contributed by atoms with van der Waals surface area (Å²) in [6, 6.07) is 0. The number of quaternary nitrogens is 1. The second-order valence-electron chi connectivity index (χ2n) is 6.76. The van der Waals surface area contributed by atoms with Crippen molar-refractivity contribution >= 4 is 11.9 Å². The Morgan fingerprint density at radius 1 is 0.958 bits per heavy atom. The van der Waals surface area contributed by atoms with Gasteiger partial charge >= 0.3 is 11.9 Å². The molecule has 0 aliphatic rings. The van der Waals surface area contributed by atoms with Gasteiger partial charge in [-0.15, -0.1) is 0 Å². The molecule has 0 spiro atoms. The van der Waals surface area contributed by atoms with Gasteiger partial charge in [0.15, 0.2) is 0 Å². The third-order valence-corrected chi connectivity index (χ3v) is 4.37. The van der Waals surface area contributed by atoms with Crippen molar-refractivity contribution in [2.24, 2.45) is 11.8 Å². The van der Waals surface area contributed by atoms with Crippen LogP contribution in [-0.4, -0.2) is 64.5 Å². The van der Waals surface area contributed by atoms with E-state index in [0.29, 0.717) is 30.7 Å². The van der Waals surface area contributed by atoms with Gasteiger partial charge in [-0.3, -0.25) is 9.59 Å². The molecule has 0 aliphatic carbocycles. The summed E-state index contributed by atoms with van der Waals surface area (Å²) in [5.41, 5.74) is 0. The van der Waals surface area contributed by atoms with Gasteiger partial charge in [0.05, 0.1) is 26.2 Å². The van der Waals surface area contributed by atoms with Gasteiger partial charge in [-0.05, 0) is 26.7 Å². The molecular weight excluding hydrogens is 310 g/mol. The summed E-state index contributed by atoms with van der Waals surface area (Å²) in [6.07, 6.45) is 8.14. The highest BCUT2D eigenvalue weighted by Gasteiger charge is 2.34. The lowest BCUT2D eigenvalue weighted by Crippen LogP contribution is -2.56. The van der Waals surface area contributed by atoms with Gasteiger partial charge in [0, 0.05) is 6.42 Å². The zero-order valence-electron chi connectivity index (χ0n) is 15.3. The molecule has 0 aromatic carbocycles. The number of aliphatic carboxylic acids is 2. The van der Waals surface area contributed by atoms with Crippen LogP contribution in [-0.2, 0) is 9.59 Å². The molecule has 0 saturated heterocycles. The van der Waals surface area contributed by atoms with Crippen LogP contribution < -0.4 is 0 Å². The van der Waals surface area contributed by atoms with E-state index in [2.05, 4.69) is 19.1 Å². The smallest absolute Gasteiger partial charge is 0.311 e. The summed E-state index contributed by atoms with van der Waals surface area (Å²) < 4.78 is 0.332. The maximum absolute atomic E-state index is 11.2. The molecule has 0 aliphatic heterocycles. The summed E-state index contributed by atoms with van der Waals surface area (Å²) >= 11 is 0. The van der Waals surface area contributed by atoms with E-state index in [9.17, 15) is 24.9 Å². The molecule has 0 fully saturated rings. The maximum atomic E-state index is 11.2. The Hall–Kier alpha value is -1.40. The van der Waals surface area contributed by atoms with Gasteiger partial charge in [0.1, 0.15) is 18.4 Å². The molecule has 6 nitrogen and oxygen atoms in total. The van der Waals surface area contributed by atoms with E-state index in [0.717, 1.165) is 25.7 Å². The van der Waals surface area contributed by atoms with Gasteiger partial charge in [-0.2, -0.15) is 0 Å². The van der Waals surface area contributed by atoms with Crippen LogP contribution >= 0.6 is 0 Å². The second kappa shape index (κ2) is 12.0. The number of unbranched alkanes of at least 4 members (excludes halogenated alkanes) is 2. The van der Waals surface area contributed by atoms with Crippen LogP contribution in [0.3, 0.4) is 0 Å². The number of carboxylic acids is 2. The van der Waals surface area contributed by atoms with Gasteiger partial charge in [-0.25, -0.2) is 0 Å². The minimum absolute atomic E-state index is 0.0790. The molecule has 2 unspecified atom stereocenters. The predicted molar refractivity (Wildman–Crippen MR) is 93.7 cm³/mol. The molecular formula is C18H34NO5+. The summed E-state index contributed by atoms with van der Waals surface area (Å²) in [4.78, 5) is 22.5. The lowest BCUT2D eigenvalue weighted by Gasteiger charge is -2.40. The molecule has 140 valence electrons. The monoisotopic (exact) mass is 344 g/mol. The fraction of sp³-hybridized carbons (Fsp3) is 0.778. The minimum Gasteiger partial charge on any atom is -0.481 e. The van der Waals surface area contributed by atoms with Gasteiger partial charge in [0.2, 0.25) is 0 Å². The molecule has 0 aromatic heterocycles. The summed E-state index contributed by atoms with van der Waals surface area (Å²) in [5, 5.41) is 27.9. The average molecular weight is 344 g/mol. The standard InChI is InChI=1S/C18H33NO5/c1-4-5-6-7-8-9-10-19(11-12-20,13-15(2)17(21)22)14-16(3)18(23)24/h6-7,15-16,20H,4-5,8-14H2,1-3H3,(H-,21,22,23,24)/p+1/b7-6+. The van der Waals surface area contributed by atoms with E-state index in [1.807, 2.05) is 0 Å². The minimum atomic E-state index is -0.888. The van der Waals surface area contributed by atoms with E-state index in [1.165, 1.54) is 0 Å². The van der Waals surface area contributed by atoms with E-state index in [-0.39, 0.29) is 6.61 Å². The number of nitrogens with zero attached hydrogens (tertiary/aromatic N) is 1. The normalized spacial score (nSPS) is 16.7. The first-order chi connectivity index (χ1) is 11.3. The molecule has 2 atom stereocenters. The highest BCUT2D eigenvalue weighted by molar-refractivity contribution is 5.70. The molecule has 0 saturated carbocycles. The van der Waals surface area contributed by atoms with Crippen molar-refractivity contribution in [1.29, 1.82) is 0 Å². The summed E-state index contributed by atoms with van der Waals surface area (Å²) in [7, 11) is 0. The van der Waals surface area contributed by atoms with Gasteiger partial charge in [0.25, 0.3) is 0 Å². The van der Waals surface area contributed by atoms with Gasteiger partial charge in [-0.1, -0.05) is 25.5 Å². The third-order valence-electron chi connectivity index (χ3n) is 4.37. The van der Waals surface area contributed by atoms with Crippen LogP contribution in [0.25, 0.3) is 0 Å². The van der Waals surface area contributed by atoms with Crippen LogP contribution in [0.1, 0.15) is 46.5 Å². The zero-order valence-corrected chi connectivity index (χ0v) is 15.3. The number of aliphatic hydroxyl groups excluding tert-OH is 1. The number of carboxylic acid groups (broad SMARTS) is 2. The van der Waals surface area contributed by atoms with Crippen molar-refractivity contribution in [2.75, 3.05) is 32.8 Å². The maximum Gasteiger partial charge on any atom is 0.311 e. The number of aliphatic hydroxyl groups is 1. The molecule has 0 rings (SSSR count). The number of carbonyl (C=O) groups is 2. The molecule has 0 aromatic rings. The van der Waals surface area contributed by atoms with Crippen molar-refractivity contribution in [3.63, 3.8) is 0 Å². The van der Waals surface area contributed by atoms with Crippen molar-refractivity contribution < 1.29 is 29.4 Å². The SMILES string of the molecule is CCC/C=C/CCC[N+](CCO)(CC(C)C(=O)O)CC(C)C(=O)O. The Balaban J connectivity index is 5.03. The Labute approximate surface area is 145 Å². The lowest BCUT2D eigenvalue weighted by atomic mass is 10.0. The molecule has 3 N–H and O–H groups in total. The topological polar surface area (TPSA) is 94.8 Å². The molecule has 0 radical (unpaired) electrons. The summed E-state index contributed by atoms with van der Waals surface area (Å²) in [6.45, 7) is 7.05. The average Bonchev–Trinajstić information content (AvgIpc) is 2.50. The Kier molecular flexibility index (Phi) is 11.3. The van der Waals surface area contributed by atoms with Crippen LogP contribution in [0, 0.1) is 11.8 Å². The number of hydrogen-bond acceptors (Lipinski definition) is 3. The molecule has 6 heteroatoms.